The summed E-state index contributed by atoms with van der Waals surface area (Å²) in [4.78, 5) is 13.1. The SMILES string of the molecule is NC(=O)C1CCN(C(=S)Nc2ccc(Cl)cc2Cl)CC1. The zero-order chi connectivity index (χ0) is 14.7. The minimum atomic E-state index is -0.232. The summed E-state index contributed by atoms with van der Waals surface area (Å²) in [5.74, 6) is -0.280. The molecule has 0 aromatic heterocycles. The minimum Gasteiger partial charge on any atom is -0.369 e. The maximum absolute atomic E-state index is 11.1. The molecule has 108 valence electrons. The lowest BCUT2D eigenvalue weighted by atomic mass is 9.97. The van der Waals surface area contributed by atoms with E-state index >= 15 is 0 Å². The van der Waals surface area contributed by atoms with E-state index in [-0.39, 0.29) is 11.8 Å². The molecule has 0 radical (unpaired) electrons. The largest absolute Gasteiger partial charge is 0.369 e. The third kappa shape index (κ3) is 3.75. The zero-order valence-electron chi connectivity index (χ0n) is 10.7. The Bertz CT molecular complexity index is 530. The van der Waals surface area contributed by atoms with E-state index in [0.29, 0.717) is 28.2 Å². The molecule has 0 saturated carbocycles. The molecule has 0 atom stereocenters. The molecule has 1 heterocycles. The van der Waals surface area contributed by atoms with Crippen molar-refractivity contribution in [2.45, 2.75) is 12.8 Å². The van der Waals surface area contributed by atoms with Gasteiger partial charge in [0.2, 0.25) is 5.91 Å². The van der Waals surface area contributed by atoms with Gasteiger partial charge >= 0.3 is 0 Å². The normalized spacial score (nSPS) is 16.0. The van der Waals surface area contributed by atoms with Crippen LogP contribution >= 0.6 is 35.4 Å². The van der Waals surface area contributed by atoms with Crippen molar-refractivity contribution in [2.75, 3.05) is 18.4 Å². The van der Waals surface area contributed by atoms with Crippen LogP contribution < -0.4 is 11.1 Å². The van der Waals surface area contributed by atoms with Crippen LogP contribution in [0.4, 0.5) is 5.69 Å². The second-order valence-corrected chi connectivity index (χ2v) is 5.95. The number of hydrogen-bond donors (Lipinski definition) is 2. The number of rotatable bonds is 2. The van der Waals surface area contributed by atoms with Gasteiger partial charge in [-0.15, -0.1) is 0 Å². The van der Waals surface area contributed by atoms with Crippen LogP contribution in [0.5, 0.6) is 0 Å². The number of thiocarbonyl (C=S) groups is 1. The number of halogens is 2. The molecule has 1 aliphatic heterocycles. The fraction of sp³-hybridized carbons (Fsp3) is 0.385. The summed E-state index contributed by atoms with van der Waals surface area (Å²) in [6, 6.07) is 5.19. The van der Waals surface area contributed by atoms with Crippen molar-refractivity contribution >= 4 is 52.1 Å². The van der Waals surface area contributed by atoms with Crippen LogP contribution in [0.3, 0.4) is 0 Å². The second kappa shape index (κ2) is 6.61. The number of carbonyl (C=O) groups excluding carboxylic acids is 1. The first-order chi connectivity index (χ1) is 9.47. The number of amides is 1. The highest BCUT2D eigenvalue weighted by Gasteiger charge is 2.24. The molecule has 0 unspecified atom stereocenters. The van der Waals surface area contributed by atoms with E-state index in [0.717, 1.165) is 18.5 Å². The Labute approximate surface area is 133 Å². The molecule has 20 heavy (non-hydrogen) atoms. The van der Waals surface area contributed by atoms with Gasteiger partial charge in [0.25, 0.3) is 0 Å². The quantitative estimate of drug-likeness (QED) is 0.818. The Morgan fingerprint density at radius 2 is 2.00 bits per heavy atom. The lowest BCUT2D eigenvalue weighted by Gasteiger charge is -2.32. The first-order valence-corrected chi connectivity index (χ1v) is 7.44. The van der Waals surface area contributed by atoms with Crippen LogP contribution in [0.1, 0.15) is 12.8 Å². The maximum Gasteiger partial charge on any atom is 0.220 e. The number of carbonyl (C=O) groups is 1. The first-order valence-electron chi connectivity index (χ1n) is 6.27. The Morgan fingerprint density at radius 1 is 1.35 bits per heavy atom. The van der Waals surface area contributed by atoms with E-state index in [1.54, 1.807) is 18.2 Å². The van der Waals surface area contributed by atoms with Gasteiger partial charge in [0, 0.05) is 24.0 Å². The van der Waals surface area contributed by atoms with E-state index in [1.807, 2.05) is 4.90 Å². The Morgan fingerprint density at radius 3 is 2.55 bits per heavy atom. The van der Waals surface area contributed by atoms with Gasteiger partial charge in [-0.3, -0.25) is 4.79 Å². The van der Waals surface area contributed by atoms with Gasteiger partial charge in [-0.2, -0.15) is 0 Å². The number of nitrogens with two attached hydrogens (primary N) is 1. The summed E-state index contributed by atoms with van der Waals surface area (Å²) >= 11 is 17.3. The van der Waals surface area contributed by atoms with E-state index in [2.05, 4.69) is 5.32 Å². The molecule has 1 amide bonds. The number of benzene rings is 1. The third-order valence-corrected chi connectivity index (χ3v) is 4.27. The van der Waals surface area contributed by atoms with Crippen LogP contribution in [0, 0.1) is 5.92 Å². The molecule has 1 fully saturated rings. The van der Waals surface area contributed by atoms with Gasteiger partial charge in [0.15, 0.2) is 5.11 Å². The molecule has 1 aromatic carbocycles. The van der Waals surface area contributed by atoms with Crippen LogP contribution in [-0.2, 0) is 4.79 Å². The van der Waals surface area contributed by atoms with Crippen molar-refractivity contribution in [1.82, 2.24) is 4.90 Å². The lowest BCUT2D eigenvalue weighted by molar-refractivity contribution is -0.122. The standard InChI is InChI=1S/C13H15Cl2N3OS/c14-9-1-2-11(10(15)7-9)17-13(20)18-5-3-8(4-6-18)12(16)19/h1-2,7-8H,3-6H2,(H2,16,19)(H,17,20). The van der Waals surface area contributed by atoms with Crippen molar-refractivity contribution < 1.29 is 4.79 Å². The molecule has 0 bridgehead atoms. The minimum absolute atomic E-state index is 0.0480. The molecule has 0 aliphatic carbocycles. The predicted octanol–water partition coefficient (Wildman–Crippen LogP) is 2.89. The van der Waals surface area contributed by atoms with Gasteiger partial charge in [-0.05, 0) is 43.3 Å². The zero-order valence-corrected chi connectivity index (χ0v) is 13.1. The first kappa shape index (κ1) is 15.4. The molecule has 0 spiro atoms. The van der Waals surface area contributed by atoms with Crippen LogP contribution in [0.2, 0.25) is 10.0 Å². The molecule has 2 rings (SSSR count). The van der Waals surface area contributed by atoms with Crippen molar-refractivity contribution in [3.8, 4) is 0 Å². The van der Waals surface area contributed by atoms with Crippen molar-refractivity contribution in [2.24, 2.45) is 11.7 Å². The van der Waals surface area contributed by atoms with Gasteiger partial charge < -0.3 is 16.0 Å². The van der Waals surface area contributed by atoms with E-state index < -0.39 is 0 Å². The topological polar surface area (TPSA) is 58.4 Å². The Balaban J connectivity index is 1.94. The van der Waals surface area contributed by atoms with Gasteiger partial charge in [-0.25, -0.2) is 0 Å². The van der Waals surface area contributed by atoms with Gasteiger partial charge in [-0.1, -0.05) is 23.2 Å². The highest BCUT2D eigenvalue weighted by Crippen LogP contribution is 2.26. The second-order valence-electron chi connectivity index (χ2n) is 4.72. The van der Waals surface area contributed by atoms with Crippen molar-refractivity contribution in [3.05, 3.63) is 28.2 Å². The number of primary amides is 1. The Kier molecular flexibility index (Phi) is 5.07. The molecular weight excluding hydrogens is 317 g/mol. The summed E-state index contributed by atoms with van der Waals surface area (Å²) < 4.78 is 0. The molecule has 7 heteroatoms. The number of anilines is 1. The summed E-state index contributed by atoms with van der Waals surface area (Å²) in [7, 11) is 0. The van der Waals surface area contributed by atoms with Crippen LogP contribution in [0.25, 0.3) is 0 Å². The summed E-state index contributed by atoms with van der Waals surface area (Å²) in [5, 5.41) is 4.79. The van der Waals surface area contributed by atoms with Gasteiger partial charge in [0.05, 0.1) is 10.7 Å². The van der Waals surface area contributed by atoms with Crippen molar-refractivity contribution in [3.63, 3.8) is 0 Å². The fourth-order valence-corrected chi connectivity index (χ4v) is 2.90. The number of nitrogens with zero attached hydrogens (tertiary/aromatic N) is 1. The molecule has 1 aromatic rings. The van der Waals surface area contributed by atoms with Gasteiger partial charge in [0.1, 0.15) is 0 Å². The third-order valence-electron chi connectivity index (χ3n) is 3.36. The summed E-state index contributed by atoms with van der Waals surface area (Å²) in [6.07, 6.45) is 1.46. The maximum atomic E-state index is 11.1. The van der Waals surface area contributed by atoms with E-state index in [9.17, 15) is 4.79 Å². The molecule has 3 N–H and O–H groups in total. The lowest BCUT2D eigenvalue weighted by Crippen LogP contribution is -2.43. The Hall–Kier alpha value is -1.04. The highest BCUT2D eigenvalue weighted by atomic mass is 35.5. The van der Waals surface area contributed by atoms with Crippen LogP contribution in [-0.4, -0.2) is 29.0 Å². The van der Waals surface area contributed by atoms with E-state index in [4.69, 9.17) is 41.2 Å². The number of likely N-dealkylation sites (tertiary alicyclic amines) is 1. The number of hydrogen-bond acceptors (Lipinski definition) is 2. The monoisotopic (exact) mass is 331 g/mol. The van der Waals surface area contributed by atoms with Crippen molar-refractivity contribution in [1.29, 1.82) is 0 Å². The smallest absolute Gasteiger partial charge is 0.220 e. The average molecular weight is 332 g/mol. The average Bonchev–Trinajstić information content (AvgIpc) is 2.42. The number of nitrogens with one attached hydrogen (secondary N) is 1. The number of piperidine rings is 1. The summed E-state index contributed by atoms with van der Waals surface area (Å²) in [6.45, 7) is 1.43. The van der Waals surface area contributed by atoms with E-state index in [1.165, 1.54) is 0 Å². The molecule has 1 aliphatic rings. The molecular formula is C13H15Cl2N3OS. The molecule has 4 nitrogen and oxygen atoms in total. The fourth-order valence-electron chi connectivity index (χ4n) is 2.15. The summed E-state index contributed by atoms with van der Waals surface area (Å²) in [5.41, 5.74) is 6.03. The van der Waals surface area contributed by atoms with Crippen LogP contribution in [0.15, 0.2) is 18.2 Å². The predicted molar refractivity (Wildman–Crippen MR) is 86.2 cm³/mol. The highest BCUT2D eigenvalue weighted by molar-refractivity contribution is 7.80. The molecule has 1 saturated heterocycles.